The number of amides is 3. The Morgan fingerprint density at radius 1 is 0.926 bits per heavy atom. The fourth-order valence-electron chi connectivity index (χ4n) is 3.55. The van der Waals surface area contributed by atoms with Gasteiger partial charge < -0.3 is 5.32 Å². The van der Waals surface area contributed by atoms with Crippen LogP contribution >= 0.6 is 0 Å². The summed E-state index contributed by atoms with van der Waals surface area (Å²) >= 11 is 0. The maximum Gasteiger partial charge on any atom is 0.261 e. The van der Waals surface area contributed by atoms with Gasteiger partial charge in [-0.2, -0.15) is 0 Å². The Bertz CT molecular complexity index is 809. The molecular weight excluding hydrogens is 340 g/mol. The summed E-state index contributed by atoms with van der Waals surface area (Å²) < 4.78 is 0. The van der Waals surface area contributed by atoms with E-state index in [1.54, 1.807) is 12.1 Å². The van der Waals surface area contributed by atoms with Crippen LogP contribution in [0.5, 0.6) is 0 Å². The molecule has 0 unspecified atom stereocenters. The van der Waals surface area contributed by atoms with E-state index in [0.717, 1.165) is 23.6 Å². The van der Waals surface area contributed by atoms with Gasteiger partial charge in [-0.25, -0.2) is 0 Å². The van der Waals surface area contributed by atoms with Crippen molar-refractivity contribution in [1.29, 1.82) is 0 Å². The monoisotopic (exact) mass is 366 g/mol. The summed E-state index contributed by atoms with van der Waals surface area (Å²) in [4.78, 5) is 38.7. The standard InChI is InChI=1S/C22H26N2O3/c1-2-3-4-5-14-23-19(25)13-8-15-24-21(26)17-11-6-9-16-10-7-12-18(20(16)17)22(24)27/h6-7,9-12H,2-5,8,13-15H2,1H3,(H,23,25). The van der Waals surface area contributed by atoms with Crippen LogP contribution in [0, 0.1) is 0 Å². The maximum atomic E-state index is 12.8. The van der Waals surface area contributed by atoms with E-state index in [-0.39, 0.29) is 24.3 Å². The highest BCUT2D eigenvalue weighted by Gasteiger charge is 2.32. The molecule has 142 valence electrons. The summed E-state index contributed by atoms with van der Waals surface area (Å²) in [5.41, 5.74) is 1.12. The zero-order chi connectivity index (χ0) is 19.2. The van der Waals surface area contributed by atoms with Crippen LogP contribution < -0.4 is 5.32 Å². The Hall–Kier alpha value is -2.69. The summed E-state index contributed by atoms with van der Waals surface area (Å²) in [6, 6.07) is 11.0. The number of benzene rings is 2. The Labute approximate surface area is 159 Å². The minimum Gasteiger partial charge on any atom is -0.356 e. The third-order valence-electron chi connectivity index (χ3n) is 4.99. The van der Waals surface area contributed by atoms with Crippen molar-refractivity contribution in [2.45, 2.75) is 45.4 Å². The van der Waals surface area contributed by atoms with Gasteiger partial charge in [0.05, 0.1) is 0 Å². The van der Waals surface area contributed by atoms with Crippen LogP contribution in [-0.2, 0) is 4.79 Å². The van der Waals surface area contributed by atoms with Crippen molar-refractivity contribution in [2.75, 3.05) is 13.1 Å². The van der Waals surface area contributed by atoms with Crippen molar-refractivity contribution < 1.29 is 14.4 Å². The molecule has 2 aromatic carbocycles. The van der Waals surface area contributed by atoms with Crippen molar-refractivity contribution in [1.82, 2.24) is 10.2 Å². The Balaban J connectivity index is 1.57. The number of rotatable bonds is 9. The van der Waals surface area contributed by atoms with Gasteiger partial charge in [0.1, 0.15) is 0 Å². The van der Waals surface area contributed by atoms with E-state index in [0.29, 0.717) is 30.5 Å². The third kappa shape index (κ3) is 4.18. The highest BCUT2D eigenvalue weighted by atomic mass is 16.2. The number of carbonyl (C=O) groups is 3. The topological polar surface area (TPSA) is 66.5 Å². The Kier molecular flexibility index (Phi) is 6.22. The molecule has 1 heterocycles. The molecule has 1 aliphatic heterocycles. The van der Waals surface area contributed by atoms with E-state index >= 15 is 0 Å². The van der Waals surface area contributed by atoms with Gasteiger partial charge in [0, 0.05) is 36.0 Å². The molecule has 0 saturated heterocycles. The van der Waals surface area contributed by atoms with E-state index in [1.807, 2.05) is 24.3 Å². The lowest BCUT2D eigenvalue weighted by molar-refractivity contribution is -0.121. The van der Waals surface area contributed by atoms with Crippen molar-refractivity contribution >= 4 is 28.5 Å². The van der Waals surface area contributed by atoms with E-state index in [2.05, 4.69) is 12.2 Å². The lowest BCUT2D eigenvalue weighted by Gasteiger charge is -2.27. The van der Waals surface area contributed by atoms with Gasteiger partial charge in [0.2, 0.25) is 5.91 Å². The van der Waals surface area contributed by atoms with E-state index in [4.69, 9.17) is 0 Å². The van der Waals surface area contributed by atoms with Crippen LogP contribution in [0.3, 0.4) is 0 Å². The highest BCUT2D eigenvalue weighted by molar-refractivity contribution is 6.25. The van der Waals surface area contributed by atoms with Gasteiger partial charge in [-0.3, -0.25) is 19.3 Å². The molecule has 1 N–H and O–H groups in total. The van der Waals surface area contributed by atoms with Crippen LogP contribution in [0.25, 0.3) is 10.8 Å². The predicted octanol–water partition coefficient (Wildman–Crippen LogP) is 3.91. The molecular formula is C22H26N2O3. The van der Waals surface area contributed by atoms with Crippen molar-refractivity contribution in [2.24, 2.45) is 0 Å². The summed E-state index contributed by atoms with van der Waals surface area (Å²) in [5.74, 6) is -0.570. The van der Waals surface area contributed by atoms with Gasteiger partial charge in [-0.1, -0.05) is 50.5 Å². The summed E-state index contributed by atoms with van der Waals surface area (Å²) in [5, 5.41) is 4.54. The quantitative estimate of drug-likeness (QED) is 0.540. The number of carbonyl (C=O) groups excluding carboxylic acids is 3. The van der Waals surface area contributed by atoms with E-state index in [1.165, 1.54) is 17.7 Å². The first-order chi connectivity index (χ1) is 13.1. The third-order valence-corrected chi connectivity index (χ3v) is 4.99. The lowest BCUT2D eigenvalue weighted by atomic mass is 9.94. The second-order valence-corrected chi connectivity index (χ2v) is 6.99. The molecule has 0 fully saturated rings. The zero-order valence-corrected chi connectivity index (χ0v) is 15.8. The van der Waals surface area contributed by atoms with Crippen molar-refractivity contribution in [3.05, 3.63) is 47.5 Å². The molecule has 3 rings (SSSR count). The minimum atomic E-state index is -0.274. The molecule has 2 aromatic rings. The second kappa shape index (κ2) is 8.80. The predicted molar refractivity (Wildman–Crippen MR) is 106 cm³/mol. The fraction of sp³-hybridized carbons (Fsp3) is 0.409. The van der Waals surface area contributed by atoms with Gasteiger partial charge in [-0.05, 0) is 30.4 Å². The molecule has 5 heteroatoms. The van der Waals surface area contributed by atoms with Gasteiger partial charge >= 0.3 is 0 Å². The van der Waals surface area contributed by atoms with Crippen LogP contribution in [0.2, 0.25) is 0 Å². The molecule has 0 atom stereocenters. The number of hydrogen-bond donors (Lipinski definition) is 1. The number of nitrogens with zero attached hydrogens (tertiary/aromatic N) is 1. The normalized spacial score (nSPS) is 13.3. The van der Waals surface area contributed by atoms with Crippen molar-refractivity contribution in [3.8, 4) is 0 Å². The molecule has 5 nitrogen and oxygen atoms in total. The molecule has 0 saturated carbocycles. The SMILES string of the molecule is CCCCCCNC(=O)CCCN1C(=O)c2cccc3cccc(c23)C1=O. The number of unbranched alkanes of at least 4 members (excludes halogenated alkanes) is 3. The smallest absolute Gasteiger partial charge is 0.261 e. The van der Waals surface area contributed by atoms with E-state index < -0.39 is 0 Å². The molecule has 0 aromatic heterocycles. The number of nitrogens with one attached hydrogen (secondary N) is 1. The molecule has 0 spiro atoms. The molecule has 0 aliphatic carbocycles. The minimum absolute atomic E-state index is 0.0223. The van der Waals surface area contributed by atoms with E-state index in [9.17, 15) is 14.4 Å². The van der Waals surface area contributed by atoms with Crippen LogP contribution in [0.1, 0.15) is 66.2 Å². The van der Waals surface area contributed by atoms with Gasteiger partial charge in [0.25, 0.3) is 11.8 Å². The van der Waals surface area contributed by atoms with Gasteiger partial charge in [-0.15, -0.1) is 0 Å². The fourth-order valence-corrected chi connectivity index (χ4v) is 3.55. The average Bonchev–Trinajstić information content (AvgIpc) is 2.68. The average molecular weight is 366 g/mol. The summed E-state index contributed by atoms with van der Waals surface area (Å²) in [6.07, 6.45) is 5.25. The van der Waals surface area contributed by atoms with Crippen LogP contribution in [-0.4, -0.2) is 35.7 Å². The number of imide groups is 1. The Morgan fingerprint density at radius 3 is 2.22 bits per heavy atom. The maximum absolute atomic E-state index is 12.8. The molecule has 27 heavy (non-hydrogen) atoms. The second-order valence-electron chi connectivity index (χ2n) is 6.99. The van der Waals surface area contributed by atoms with Crippen LogP contribution in [0.4, 0.5) is 0 Å². The summed E-state index contributed by atoms with van der Waals surface area (Å²) in [6.45, 7) is 3.10. The Morgan fingerprint density at radius 2 is 1.59 bits per heavy atom. The molecule has 3 amide bonds. The lowest BCUT2D eigenvalue weighted by Crippen LogP contribution is -2.41. The largest absolute Gasteiger partial charge is 0.356 e. The summed E-state index contributed by atoms with van der Waals surface area (Å²) in [7, 11) is 0. The van der Waals surface area contributed by atoms with Gasteiger partial charge in [0.15, 0.2) is 0 Å². The molecule has 1 aliphatic rings. The molecule has 0 radical (unpaired) electrons. The first-order valence-electron chi connectivity index (χ1n) is 9.78. The first-order valence-corrected chi connectivity index (χ1v) is 9.78. The zero-order valence-electron chi connectivity index (χ0n) is 15.8. The number of hydrogen-bond acceptors (Lipinski definition) is 3. The van der Waals surface area contributed by atoms with Crippen molar-refractivity contribution in [3.63, 3.8) is 0 Å². The first kappa shape index (κ1) is 19.1. The van der Waals surface area contributed by atoms with Crippen LogP contribution in [0.15, 0.2) is 36.4 Å². The highest BCUT2D eigenvalue weighted by Crippen LogP contribution is 2.29. The molecule has 0 bridgehead atoms.